The normalized spacial score (nSPS) is 13.2. The molecule has 1 aliphatic heterocycles. The predicted molar refractivity (Wildman–Crippen MR) is 113 cm³/mol. The molecule has 2 aromatic rings. The van der Waals surface area contributed by atoms with Crippen LogP contribution in [0.4, 0.5) is 8.78 Å². The molecule has 1 aromatic heterocycles. The zero-order chi connectivity index (χ0) is 19.2. The van der Waals surface area contributed by atoms with Crippen molar-refractivity contribution in [2.24, 2.45) is 4.99 Å². The van der Waals surface area contributed by atoms with Gasteiger partial charge in [0.2, 0.25) is 0 Å². The molecule has 0 saturated heterocycles. The number of fused-ring (bicyclic) bond motifs is 1. The van der Waals surface area contributed by atoms with E-state index in [0.717, 1.165) is 36.6 Å². The number of guanidine groups is 1. The fourth-order valence-electron chi connectivity index (χ4n) is 3.05. The molecule has 0 radical (unpaired) electrons. The number of hydrogen-bond acceptors (Lipinski definition) is 4. The van der Waals surface area contributed by atoms with E-state index in [9.17, 15) is 8.78 Å². The quantitative estimate of drug-likeness (QED) is 0.343. The minimum Gasteiger partial charge on any atom is -0.434 e. The Labute approximate surface area is 180 Å². The molecular formula is C18H25F2IN6O. The number of hydrogen-bond donors (Lipinski definition) is 2. The molecule has 154 valence electrons. The fourth-order valence-corrected chi connectivity index (χ4v) is 3.05. The van der Waals surface area contributed by atoms with Crippen LogP contribution in [0.3, 0.4) is 0 Å². The Morgan fingerprint density at radius 3 is 2.89 bits per heavy atom. The van der Waals surface area contributed by atoms with Gasteiger partial charge in [-0.3, -0.25) is 0 Å². The lowest BCUT2D eigenvalue weighted by atomic mass is 10.1. The standard InChI is InChI=1S/C18H24F2N6O.HI/c1-3-21-18(23-11-16-25-24-15-5-4-8-26(15)16)22-10-13-9-12(2)6-7-14(13)27-17(19)20;/h6-7,9,17H,3-5,8,10-11H2,1-2H3,(H2,21,22,23);1H. The molecule has 10 heteroatoms. The first-order chi connectivity index (χ1) is 13.1. The average molecular weight is 506 g/mol. The minimum absolute atomic E-state index is 0. The molecule has 0 atom stereocenters. The number of nitrogens with one attached hydrogen (secondary N) is 2. The van der Waals surface area contributed by atoms with Crippen molar-refractivity contribution in [1.29, 1.82) is 0 Å². The molecule has 1 aromatic carbocycles. The van der Waals surface area contributed by atoms with E-state index in [-0.39, 0.29) is 36.3 Å². The molecule has 0 unspecified atom stereocenters. The first-order valence-corrected chi connectivity index (χ1v) is 9.04. The van der Waals surface area contributed by atoms with Crippen LogP contribution >= 0.6 is 24.0 Å². The molecule has 3 rings (SSSR count). The molecule has 0 fully saturated rings. The van der Waals surface area contributed by atoms with Crippen LogP contribution in [0.15, 0.2) is 23.2 Å². The average Bonchev–Trinajstić information content (AvgIpc) is 3.23. The maximum Gasteiger partial charge on any atom is 0.387 e. The smallest absolute Gasteiger partial charge is 0.387 e. The summed E-state index contributed by atoms with van der Waals surface area (Å²) in [6.07, 6.45) is 2.05. The van der Waals surface area contributed by atoms with Crippen molar-refractivity contribution in [3.63, 3.8) is 0 Å². The number of rotatable bonds is 7. The monoisotopic (exact) mass is 506 g/mol. The number of aliphatic imine (C=N–C) groups is 1. The lowest BCUT2D eigenvalue weighted by Gasteiger charge is -2.13. The van der Waals surface area contributed by atoms with Gasteiger partial charge in [0, 0.05) is 25.1 Å². The van der Waals surface area contributed by atoms with E-state index in [4.69, 9.17) is 0 Å². The van der Waals surface area contributed by atoms with Gasteiger partial charge >= 0.3 is 6.61 Å². The van der Waals surface area contributed by atoms with Crippen molar-refractivity contribution in [3.05, 3.63) is 41.0 Å². The van der Waals surface area contributed by atoms with Gasteiger partial charge in [-0.1, -0.05) is 17.7 Å². The predicted octanol–water partition coefficient (Wildman–Crippen LogP) is 3.01. The Hall–Kier alpha value is -1.98. The lowest BCUT2D eigenvalue weighted by molar-refractivity contribution is -0.0504. The number of benzene rings is 1. The molecule has 0 bridgehead atoms. The van der Waals surface area contributed by atoms with Gasteiger partial charge in [0.25, 0.3) is 0 Å². The molecule has 0 amide bonds. The summed E-state index contributed by atoms with van der Waals surface area (Å²) in [6, 6.07) is 5.09. The van der Waals surface area contributed by atoms with Crippen molar-refractivity contribution >= 4 is 29.9 Å². The van der Waals surface area contributed by atoms with Crippen molar-refractivity contribution in [2.75, 3.05) is 6.54 Å². The summed E-state index contributed by atoms with van der Waals surface area (Å²) >= 11 is 0. The van der Waals surface area contributed by atoms with E-state index in [1.54, 1.807) is 18.2 Å². The van der Waals surface area contributed by atoms with Gasteiger partial charge in [-0.05, 0) is 26.3 Å². The van der Waals surface area contributed by atoms with Crippen LogP contribution in [0.2, 0.25) is 0 Å². The molecule has 0 aliphatic carbocycles. The lowest BCUT2D eigenvalue weighted by Crippen LogP contribution is -2.37. The SMILES string of the molecule is CCNC(=NCc1cc(C)ccc1OC(F)F)NCc1nnc2n1CCC2.I. The molecule has 1 aliphatic rings. The molecule has 0 spiro atoms. The van der Waals surface area contributed by atoms with Gasteiger partial charge in [0.1, 0.15) is 11.6 Å². The second-order valence-corrected chi connectivity index (χ2v) is 6.33. The van der Waals surface area contributed by atoms with Gasteiger partial charge in [0.05, 0.1) is 13.1 Å². The summed E-state index contributed by atoms with van der Waals surface area (Å²) < 4.78 is 31.9. The number of nitrogens with zero attached hydrogens (tertiary/aromatic N) is 4. The highest BCUT2D eigenvalue weighted by molar-refractivity contribution is 14.0. The summed E-state index contributed by atoms with van der Waals surface area (Å²) in [5, 5.41) is 14.8. The van der Waals surface area contributed by atoms with E-state index in [1.807, 2.05) is 13.8 Å². The summed E-state index contributed by atoms with van der Waals surface area (Å²) in [4.78, 5) is 4.50. The van der Waals surface area contributed by atoms with Crippen LogP contribution < -0.4 is 15.4 Å². The molecule has 7 nitrogen and oxygen atoms in total. The zero-order valence-electron chi connectivity index (χ0n) is 15.9. The van der Waals surface area contributed by atoms with Gasteiger partial charge in [-0.15, -0.1) is 34.2 Å². The second-order valence-electron chi connectivity index (χ2n) is 6.33. The number of aromatic nitrogens is 3. The number of halogens is 3. The third-order valence-electron chi connectivity index (χ3n) is 4.28. The molecule has 0 saturated carbocycles. The number of alkyl halides is 2. The van der Waals surface area contributed by atoms with Gasteiger partial charge < -0.3 is 19.9 Å². The minimum atomic E-state index is -2.86. The maximum absolute atomic E-state index is 12.6. The van der Waals surface area contributed by atoms with E-state index < -0.39 is 6.61 Å². The Kier molecular flexibility index (Phi) is 8.39. The van der Waals surface area contributed by atoms with E-state index in [1.165, 1.54) is 0 Å². The van der Waals surface area contributed by atoms with E-state index in [0.29, 0.717) is 24.6 Å². The topological polar surface area (TPSA) is 76.4 Å². The van der Waals surface area contributed by atoms with Crippen molar-refractivity contribution in [1.82, 2.24) is 25.4 Å². The van der Waals surface area contributed by atoms with Crippen LogP contribution in [0, 0.1) is 6.92 Å². The number of aryl methyl sites for hydroxylation is 2. The first kappa shape index (κ1) is 22.3. The fraction of sp³-hybridized carbons (Fsp3) is 0.500. The highest BCUT2D eigenvalue weighted by atomic mass is 127. The summed E-state index contributed by atoms with van der Waals surface area (Å²) in [5.74, 6) is 2.61. The van der Waals surface area contributed by atoms with Gasteiger partial charge in [-0.2, -0.15) is 8.78 Å². The third-order valence-corrected chi connectivity index (χ3v) is 4.28. The van der Waals surface area contributed by atoms with Crippen LogP contribution in [0.25, 0.3) is 0 Å². The molecule has 28 heavy (non-hydrogen) atoms. The zero-order valence-corrected chi connectivity index (χ0v) is 18.2. The first-order valence-electron chi connectivity index (χ1n) is 9.04. The van der Waals surface area contributed by atoms with E-state index in [2.05, 4.69) is 35.1 Å². The van der Waals surface area contributed by atoms with E-state index >= 15 is 0 Å². The van der Waals surface area contributed by atoms with Crippen molar-refractivity contribution in [2.45, 2.75) is 52.9 Å². The number of ether oxygens (including phenoxy) is 1. The Morgan fingerprint density at radius 2 is 2.14 bits per heavy atom. The maximum atomic E-state index is 12.6. The molecule has 2 heterocycles. The Morgan fingerprint density at radius 1 is 1.32 bits per heavy atom. The summed E-state index contributed by atoms with van der Waals surface area (Å²) in [7, 11) is 0. The summed E-state index contributed by atoms with van der Waals surface area (Å²) in [6.45, 7) is 3.32. The Bertz CT molecular complexity index is 811. The van der Waals surface area contributed by atoms with Crippen LogP contribution in [-0.4, -0.2) is 33.9 Å². The van der Waals surface area contributed by atoms with Crippen LogP contribution in [0.1, 0.15) is 36.1 Å². The highest BCUT2D eigenvalue weighted by Crippen LogP contribution is 2.23. The summed E-state index contributed by atoms with van der Waals surface area (Å²) in [5.41, 5.74) is 1.56. The van der Waals surface area contributed by atoms with Crippen molar-refractivity contribution < 1.29 is 13.5 Å². The van der Waals surface area contributed by atoms with Crippen LogP contribution in [0.5, 0.6) is 5.75 Å². The van der Waals surface area contributed by atoms with Crippen molar-refractivity contribution in [3.8, 4) is 5.75 Å². The second kappa shape index (κ2) is 10.5. The van der Waals surface area contributed by atoms with Gasteiger partial charge in [0.15, 0.2) is 11.8 Å². The third kappa shape index (κ3) is 5.76. The Balaban J connectivity index is 0.00000280. The highest BCUT2D eigenvalue weighted by Gasteiger charge is 2.17. The molecular weight excluding hydrogens is 481 g/mol. The molecule has 2 N–H and O–H groups in total. The van der Waals surface area contributed by atoms with Gasteiger partial charge in [-0.25, -0.2) is 4.99 Å². The largest absolute Gasteiger partial charge is 0.434 e. The van der Waals surface area contributed by atoms with Crippen LogP contribution in [-0.2, 0) is 26.1 Å².